The van der Waals surface area contributed by atoms with Gasteiger partial charge in [-0.25, -0.2) is 0 Å². The van der Waals surface area contributed by atoms with Gasteiger partial charge in [0.1, 0.15) is 0 Å². The maximum atomic E-state index is 12.4. The zero-order chi connectivity index (χ0) is 20.8. The number of para-hydroxylation sites is 1. The van der Waals surface area contributed by atoms with Crippen LogP contribution in [-0.2, 0) is 16.1 Å². The lowest BCUT2D eigenvalue weighted by Gasteiger charge is -2.17. The molecule has 0 radical (unpaired) electrons. The highest BCUT2D eigenvalue weighted by atomic mass is 35.5. The van der Waals surface area contributed by atoms with Crippen molar-refractivity contribution >= 4 is 40.9 Å². The van der Waals surface area contributed by atoms with Crippen LogP contribution >= 0.6 is 23.4 Å². The fraction of sp³-hybridized carbons (Fsp3) is 0.263. The molecule has 0 aliphatic carbocycles. The summed E-state index contributed by atoms with van der Waals surface area (Å²) in [7, 11) is 1.58. The number of nitrogens with one attached hydrogen (secondary N) is 1. The second-order valence-corrected chi connectivity index (χ2v) is 7.44. The number of carbonyl (C=O) groups is 2. The molecule has 0 saturated heterocycles. The summed E-state index contributed by atoms with van der Waals surface area (Å²) in [4.78, 5) is 26.0. The van der Waals surface area contributed by atoms with Gasteiger partial charge in [0.25, 0.3) is 0 Å². The molecule has 0 atom stereocenters. The van der Waals surface area contributed by atoms with Gasteiger partial charge in [-0.15, -0.1) is 10.2 Å². The molecule has 2 heterocycles. The zero-order valence-electron chi connectivity index (χ0n) is 16.0. The Morgan fingerprint density at radius 3 is 2.72 bits per heavy atom. The number of hydrogen-bond acceptors (Lipinski definition) is 6. The highest BCUT2D eigenvalue weighted by Crippen LogP contribution is 2.24. The number of rotatable bonds is 8. The third-order valence-electron chi connectivity index (χ3n) is 4.05. The van der Waals surface area contributed by atoms with Gasteiger partial charge in [0.2, 0.25) is 11.8 Å². The van der Waals surface area contributed by atoms with E-state index in [1.54, 1.807) is 49.7 Å². The third kappa shape index (κ3) is 5.18. The van der Waals surface area contributed by atoms with Gasteiger partial charge in [-0.1, -0.05) is 35.5 Å². The van der Waals surface area contributed by atoms with Gasteiger partial charge in [-0.05, 0) is 31.2 Å². The van der Waals surface area contributed by atoms with Crippen molar-refractivity contribution in [2.45, 2.75) is 18.6 Å². The second kappa shape index (κ2) is 9.62. The molecule has 0 fully saturated rings. The van der Waals surface area contributed by atoms with E-state index in [-0.39, 0.29) is 24.1 Å². The van der Waals surface area contributed by atoms with E-state index in [2.05, 4.69) is 15.5 Å². The van der Waals surface area contributed by atoms with Gasteiger partial charge in [-0.3, -0.25) is 14.2 Å². The summed E-state index contributed by atoms with van der Waals surface area (Å²) < 4.78 is 7.25. The molecule has 2 amide bonds. The fourth-order valence-corrected chi connectivity index (χ4v) is 3.69. The Morgan fingerprint density at radius 2 is 2.03 bits per heavy atom. The van der Waals surface area contributed by atoms with Crippen molar-refractivity contribution in [2.75, 3.05) is 24.7 Å². The van der Waals surface area contributed by atoms with Crippen molar-refractivity contribution in [2.24, 2.45) is 0 Å². The fourth-order valence-electron chi connectivity index (χ4n) is 2.56. The molecule has 29 heavy (non-hydrogen) atoms. The lowest BCUT2D eigenvalue weighted by atomic mass is 10.3. The maximum absolute atomic E-state index is 12.4. The summed E-state index contributed by atoms with van der Waals surface area (Å²) in [5.41, 5.74) is 0.510. The first-order chi connectivity index (χ1) is 14.0. The molecule has 3 rings (SSSR count). The molecule has 152 valence electrons. The number of amides is 2. The lowest BCUT2D eigenvalue weighted by Crippen LogP contribution is -2.36. The van der Waals surface area contributed by atoms with Crippen molar-refractivity contribution in [3.8, 4) is 11.6 Å². The zero-order valence-corrected chi connectivity index (χ0v) is 17.5. The Bertz CT molecular complexity index is 990. The van der Waals surface area contributed by atoms with Crippen molar-refractivity contribution in [3.63, 3.8) is 0 Å². The van der Waals surface area contributed by atoms with Gasteiger partial charge < -0.3 is 14.6 Å². The maximum Gasteiger partial charge on any atom is 0.244 e. The highest BCUT2D eigenvalue weighted by molar-refractivity contribution is 7.99. The molecule has 0 saturated carbocycles. The quantitative estimate of drug-likeness (QED) is 0.547. The molecule has 1 aromatic carbocycles. The molecule has 10 heteroatoms. The van der Waals surface area contributed by atoms with Gasteiger partial charge in [0.05, 0.1) is 29.3 Å². The number of aromatic nitrogens is 3. The van der Waals surface area contributed by atoms with Gasteiger partial charge >= 0.3 is 0 Å². The van der Waals surface area contributed by atoms with E-state index in [0.717, 1.165) is 0 Å². The third-order valence-corrected chi connectivity index (χ3v) is 5.33. The minimum atomic E-state index is -0.323. The number of furan rings is 1. The molecular formula is C19H20ClN5O3S. The predicted molar refractivity (Wildman–Crippen MR) is 112 cm³/mol. The van der Waals surface area contributed by atoms with E-state index < -0.39 is 0 Å². The minimum absolute atomic E-state index is 0.0806. The Morgan fingerprint density at radius 1 is 1.24 bits per heavy atom. The highest BCUT2D eigenvalue weighted by Gasteiger charge is 2.18. The molecule has 0 unspecified atom stereocenters. The van der Waals surface area contributed by atoms with E-state index in [1.807, 2.05) is 11.5 Å². The second-order valence-electron chi connectivity index (χ2n) is 6.09. The van der Waals surface area contributed by atoms with Crippen molar-refractivity contribution in [3.05, 3.63) is 47.7 Å². The lowest BCUT2D eigenvalue weighted by molar-refractivity contribution is -0.131. The van der Waals surface area contributed by atoms with Crippen LogP contribution in [0.3, 0.4) is 0 Å². The first-order valence-electron chi connectivity index (χ1n) is 8.87. The number of anilines is 1. The van der Waals surface area contributed by atoms with Crippen molar-refractivity contribution in [1.29, 1.82) is 0 Å². The smallest absolute Gasteiger partial charge is 0.244 e. The average Bonchev–Trinajstić information content (AvgIpc) is 3.36. The predicted octanol–water partition coefficient (Wildman–Crippen LogP) is 3.40. The first kappa shape index (κ1) is 20.9. The summed E-state index contributed by atoms with van der Waals surface area (Å²) in [5, 5.41) is 12.1. The Kier molecular flexibility index (Phi) is 6.95. The number of hydrogen-bond donors (Lipinski definition) is 1. The van der Waals surface area contributed by atoms with E-state index in [1.165, 1.54) is 16.7 Å². The first-order valence-corrected chi connectivity index (χ1v) is 10.2. The van der Waals surface area contributed by atoms with Crippen LogP contribution in [0, 0.1) is 0 Å². The summed E-state index contributed by atoms with van der Waals surface area (Å²) in [6.45, 7) is 2.52. The number of likely N-dealkylation sites (N-methyl/N-ethyl adjacent to an activating group) is 1. The van der Waals surface area contributed by atoms with Crippen LogP contribution in [0.5, 0.6) is 0 Å². The number of nitrogens with zero attached hydrogens (tertiary/aromatic N) is 4. The van der Waals surface area contributed by atoms with Crippen molar-refractivity contribution in [1.82, 2.24) is 19.7 Å². The summed E-state index contributed by atoms with van der Waals surface area (Å²) in [6.07, 6.45) is 1.57. The molecule has 2 aromatic heterocycles. The van der Waals surface area contributed by atoms with E-state index in [9.17, 15) is 9.59 Å². The van der Waals surface area contributed by atoms with Crippen LogP contribution in [0.2, 0.25) is 5.02 Å². The van der Waals surface area contributed by atoms with Gasteiger partial charge in [-0.2, -0.15) is 0 Å². The number of carbonyl (C=O) groups excluding carboxylic acids is 2. The van der Waals surface area contributed by atoms with E-state index in [4.69, 9.17) is 16.0 Å². The van der Waals surface area contributed by atoms with E-state index >= 15 is 0 Å². The van der Waals surface area contributed by atoms with Crippen LogP contribution in [-0.4, -0.2) is 50.8 Å². The number of thioether (sulfide) groups is 1. The summed E-state index contributed by atoms with van der Waals surface area (Å²) in [5.74, 6) is 0.836. The Labute approximate surface area is 177 Å². The monoisotopic (exact) mass is 433 g/mol. The Hall–Kier alpha value is -2.78. The summed E-state index contributed by atoms with van der Waals surface area (Å²) >= 11 is 7.30. The Balaban J connectivity index is 1.55. The van der Waals surface area contributed by atoms with Gasteiger partial charge in [0.15, 0.2) is 16.7 Å². The van der Waals surface area contributed by atoms with Crippen molar-refractivity contribution < 1.29 is 14.0 Å². The van der Waals surface area contributed by atoms with Crippen LogP contribution in [0.15, 0.2) is 52.2 Å². The summed E-state index contributed by atoms with van der Waals surface area (Å²) in [6, 6.07) is 10.5. The topological polar surface area (TPSA) is 93.3 Å². The molecule has 0 spiro atoms. The molecule has 8 nitrogen and oxygen atoms in total. The van der Waals surface area contributed by atoms with Gasteiger partial charge in [0, 0.05) is 13.6 Å². The molecule has 0 bridgehead atoms. The number of halogens is 1. The van der Waals surface area contributed by atoms with Crippen LogP contribution in [0.25, 0.3) is 11.6 Å². The molecule has 1 N–H and O–H groups in total. The molecule has 0 aliphatic rings. The van der Waals surface area contributed by atoms with E-state index in [0.29, 0.717) is 34.0 Å². The largest absolute Gasteiger partial charge is 0.461 e. The SMILES string of the molecule is CCn1c(SCC(=O)N(C)CC(=O)Nc2ccccc2Cl)nnc1-c1ccco1. The number of benzene rings is 1. The average molecular weight is 434 g/mol. The molecule has 0 aliphatic heterocycles. The standard InChI is InChI=1S/C19H20ClN5O3S/c1-3-25-18(15-9-6-10-28-15)22-23-19(25)29-12-17(27)24(2)11-16(26)21-14-8-5-4-7-13(14)20/h4-10H,3,11-12H2,1-2H3,(H,21,26). The van der Waals surface area contributed by atoms with Crippen LogP contribution in [0.1, 0.15) is 6.92 Å². The normalized spacial score (nSPS) is 10.7. The minimum Gasteiger partial charge on any atom is -0.461 e. The molecule has 3 aromatic rings. The molecular weight excluding hydrogens is 414 g/mol. The van der Waals surface area contributed by atoms with Crippen LogP contribution in [0.4, 0.5) is 5.69 Å². The van der Waals surface area contributed by atoms with Crippen LogP contribution < -0.4 is 5.32 Å².